The van der Waals surface area contributed by atoms with Crippen molar-refractivity contribution < 1.29 is 4.79 Å². The quantitative estimate of drug-likeness (QED) is 0.592. The van der Waals surface area contributed by atoms with Crippen LogP contribution in [0.25, 0.3) is 10.1 Å². The van der Waals surface area contributed by atoms with E-state index in [9.17, 15) is 4.79 Å². The molecule has 0 aliphatic carbocycles. The fraction of sp³-hybridized carbons (Fsp3) is 0.182. The van der Waals surface area contributed by atoms with Crippen LogP contribution in [0, 0.1) is 6.92 Å². The monoisotopic (exact) mass is 302 g/mol. The zero-order valence-corrected chi connectivity index (χ0v) is 11.2. The molecule has 1 aromatic heterocycles. The number of alkyl halides is 1. The first-order chi connectivity index (χ1) is 7.13. The molecule has 2 aromatic rings. The van der Waals surface area contributed by atoms with E-state index >= 15 is 0 Å². The van der Waals surface area contributed by atoms with Gasteiger partial charge in [0.1, 0.15) is 0 Å². The standard InChI is InChI=1S/C11H8BrClOS/c1-6-8-4-7(13)2-3-10(8)15-11(6)9(14)5-12/h2-4H,5H2,1H3. The molecule has 2 rings (SSSR count). The molecule has 0 aliphatic rings. The molecule has 0 N–H and O–H groups in total. The number of ketones is 1. The Hall–Kier alpha value is -0.380. The number of hydrogen-bond donors (Lipinski definition) is 0. The number of carbonyl (C=O) groups excluding carboxylic acids is 1. The highest BCUT2D eigenvalue weighted by Gasteiger charge is 2.14. The number of hydrogen-bond acceptors (Lipinski definition) is 2. The van der Waals surface area contributed by atoms with E-state index in [2.05, 4.69) is 15.9 Å². The predicted molar refractivity (Wildman–Crippen MR) is 69.7 cm³/mol. The first kappa shape index (κ1) is 11.1. The van der Waals surface area contributed by atoms with Crippen molar-refractivity contribution in [3.63, 3.8) is 0 Å². The zero-order valence-electron chi connectivity index (χ0n) is 8.01. The van der Waals surface area contributed by atoms with Gasteiger partial charge in [-0.05, 0) is 36.1 Å². The van der Waals surface area contributed by atoms with Crippen LogP contribution in [0.1, 0.15) is 15.2 Å². The second-order valence-corrected chi connectivity index (χ2v) is 5.30. The van der Waals surface area contributed by atoms with Crippen molar-refractivity contribution in [3.05, 3.63) is 33.7 Å². The third kappa shape index (κ3) is 1.96. The van der Waals surface area contributed by atoms with Gasteiger partial charge in [-0.25, -0.2) is 0 Å². The number of fused-ring (bicyclic) bond motifs is 1. The topological polar surface area (TPSA) is 17.1 Å². The van der Waals surface area contributed by atoms with E-state index in [0.29, 0.717) is 10.4 Å². The van der Waals surface area contributed by atoms with Gasteiger partial charge in [0.05, 0.1) is 10.2 Å². The number of benzene rings is 1. The summed E-state index contributed by atoms with van der Waals surface area (Å²) >= 11 is 10.6. The Labute approximate surface area is 105 Å². The van der Waals surface area contributed by atoms with E-state index in [-0.39, 0.29) is 5.78 Å². The number of carbonyl (C=O) groups is 1. The highest BCUT2D eigenvalue weighted by atomic mass is 79.9. The highest BCUT2D eigenvalue weighted by molar-refractivity contribution is 9.09. The van der Waals surface area contributed by atoms with Gasteiger partial charge in [-0.15, -0.1) is 11.3 Å². The molecule has 1 aromatic carbocycles. The molecule has 4 heteroatoms. The maximum absolute atomic E-state index is 11.6. The van der Waals surface area contributed by atoms with Crippen molar-refractivity contribution in [3.8, 4) is 0 Å². The third-order valence-corrected chi connectivity index (χ3v) is 4.33. The summed E-state index contributed by atoms with van der Waals surface area (Å²) in [4.78, 5) is 12.4. The molecule has 0 saturated carbocycles. The molecular formula is C11H8BrClOS. The Morgan fingerprint density at radius 2 is 2.27 bits per heavy atom. The lowest BCUT2D eigenvalue weighted by molar-refractivity contribution is 0.102. The Kier molecular flexibility index (Phi) is 3.14. The summed E-state index contributed by atoms with van der Waals surface area (Å²) in [6.07, 6.45) is 0. The van der Waals surface area contributed by atoms with Crippen LogP contribution < -0.4 is 0 Å². The molecule has 0 unspecified atom stereocenters. The Morgan fingerprint density at radius 1 is 1.53 bits per heavy atom. The van der Waals surface area contributed by atoms with Crippen LogP contribution >= 0.6 is 38.9 Å². The summed E-state index contributed by atoms with van der Waals surface area (Å²) in [6, 6.07) is 5.72. The first-order valence-corrected chi connectivity index (χ1v) is 6.73. The maximum Gasteiger partial charge on any atom is 0.183 e. The fourth-order valence-corrected chi connectivity index (χ4v) is 3.28. The second kappa shape index (κ2) is 4.24. The van der Waals surface area contributed by atoms with Crippen molar-refractivity contribution in [1.29, 1.82) is 0 Å². The van der Waals surface area contributed by atoms with E-state index in [1.807, 2.05) is 25.1 Å². The molecule has 0 atom stereocenters. The minimum absolute atomic E-state index is 0.129. The van der Waals surface area contributed by atoms with Gasteiger partial charge in [-0.1, -0.05) is 27.5 Å². The van der Waals surface area contributed by atoms with Gasteiger partial charge in [0.2, 0.25) is 0 Å². The molecule has 0 saturated heterocycles. The Balaban J connectivity index is 2.69. The summed E-state index contributed by atoms with van der Waals surface area (Å²) in [7, 11) is 0. The largest absolute Gasteiger partial charge is 0.292 e. The molecule has 0 spiro atoms. The van der Waals surface area contributed by atoms with Gasteiger partial charge >= 0.3 is 0 Å². The van der Waals surface area contributed by atoms with Crippen LogP contribution in [0.15, 0.2) is 18.2 Å². The number of aryl methyl sites for hydroxylation is 1. The molecule has 78 valence electrons. The maximum atomic E-state index is 11.6. The first-order valence-electron chi connectivity index (χ1n) is 4.41. The van der Waals surface area contributed by atoms with E-state index in [0.717, 1.165) is 20.5 Å². The number of rotatable bonds is 2. The van der Waals surface area contributed by atoms with Crippen molar-refractivity contribution in [1.82, 2.24) is 0 Å². The minimum atomic E-state index is 0.129. The predicted octanol–water partition coefficient (Wildman–Crippen LogP) is 4.44. The third-order valence-electron chi connectivity index (χ3n) is 2.27. The lowest BCUT2D eigenvalue weighted by Crippen LogP contribution is -1.97. The average molecular weight is 304 g/mol. The van der Waals surface area contributed by atoms with E-state index in [1.54, 1.807) is 0 Å². The Bertz CT molecular complexity index is 533. The van der Waals surface area contributed by atoms with E-state index in [1.165, 1.54) is 11.3 Å². The SMILES string of the molecule is Cc1c(C(=O)CBr)sc2ccc(Cl)cc12. The van der Waals surface area contributed by atoms with E-state index < -0.39 is 0 Å². The van der Waals surface area contributed by atoms with Crippen LogP contribution in [-0.4, -0.2) is 11.1 Å². The Morgan fingerprint density at radius 3 is 2.93 bits per heavy atom. The number of thiophene rings is 1. The average Bonchev–Trinajstić information content (AvgIpc) is 2.55. The molecule has 1 heterocycles. The van der Waals surface area contributed by atoms with Gasteiger partial charge in [-0.2, -0.15) is 0 Å². The summed E-state index contributed by atoms with van der Waals surface area (Å²) in [5.74, 6) is 0.129. The van der Waals surface area contributed by atoms with Crippen LogP contribution in [0.2, 0.25) is 5.02 Å². The van der Waals surface area contributed by atoms with Gasteiger partial charge in [0.15, 0.2) is 5.78 Å². The van der Waals surface area contributed by atoms with Crippen molar-refractivity contribution >= 4 is 54.7 Å². The summed E-state index contributed by atoms with van der Waals surface area (Å²) < 4.78 is 1.11. The van der Waals surface area contributed by atoms with Gasteiger partial charge in [0.25, 0.3) is 0 Å². The van der Waals surface area contributed by atoms with Crippen LogP contribution in [0.4, 0.5) is 0 Å². The number of halogens is 2. The molecule has 0 radical (unpaired) electrons. The summed E-state index contributed by atoms with van der Waals surface area (Å²) in [5.41, 5.74) is 1.03. The molecule has 15 heavy (non-hydrogen) atoms. The normalized spacial score (nSPS) is 10.9. The lowest BCUT2D eigenvalue weighted by atomic mass is 10.1. The molecular weight excluding hydrogens is 296 g/mol. The fourth-order valence-electron chi connectivity index (χ4n) is 1.52. The smallest absolute Gasteiger partial charge is 0.183 e. The van der Waals surface area contributed by atoms with Crippen molar-refractivity contribution in [2.24, 2.45) is 0 Å². The van der Waals surface area contributed by atoms with Gasteiger partial charge < -0.3 is 0 Å². The minimum Gasteiger partial charge on any atom is -0.292 e. The van der Waals surface area contributed by atoms with Crippen LogP contribution in [0.5, 0.6) is 0 Å². The van der Waals surface area contributed by atoms with E-state index in [4.69, 9.17) is 11.6 Å². The molecule has 0 aliphatic heterocycles. The van der Waals surface area contributed by atoms with Crippen LogP contribution in [0.3, 0.4) is 0 Å². The molecule has 0 amide bonds. The van der Waals surface area contributed by atoms with Gasteiger partial charge in [0, 0.05) is 9.72 Å². The summed E-state index contributed by atoms with van der Waals surface area (Å²) in [5, 5.41) is 2.16. The van der Waals surface area contributed by atoms with Gasteiger partial charge in [-0.3, -0.25) is 4.79 Å². The zero-order chi connectivity index (χ0) is 11.0. The molecule has 0 bridgehead atoms. The lowest BCUT2D eigenvalue weighted by Gasteiger charge is -1.94. The van der Waals surface area contributed by atoms with Crippen molar-refractivity contribution in [2.75, 3.05) is 5.33 Å². The second-order valence-electron chi connectivity index (χ2n) is 3.25. The molecule has 1 nitrogen and oxygen atoms in total. The summed E-state index contributed by atoms with van der Waals surface area (Å²) in [6.45, 7) is 1.96. The number of Topliss-reactive ketones (excluding diaryl/α,β-unsaturated/α-hetero) is 1. The molecule has 0 fully saturated rings. The highest BCUT2D eigenvalue weighted by Crippen LogP contribution is 2.33. The van der Waals surface area contributed by atoms with Crippen LogP contribution in [-0.2, 0) is 0 Å². The van der Waals surface area contributed by atoms with Crippen molar-refractivity contribution in [2.45, 2.75) is 6.92 Å².